The monoisotopic (exact) mass is 428 g/mol. The molecule has 0 aliphatic heterocycles. The SMILES string of the molecule is COCCOC(=O)Nc1cccc(NCC(=O)N(C)CC(=O)Nc2ccc(C)cc2)c1. The predicted octanol–water partition coefficient (Wildman–Crippen LogP) is 2.70. The van der Waals surface area contributed by atoms with Crippen molar-refractivity contribution in [3.8, 4) is 0 Å². The van der Waals surface area contributed by atoms with E-state index in [9.17, 15) is 14.4 Å². The molecule has 0 saturated heterocycles. The van der Waals surface area contributed by atoms with Gasteiger partial charge in [0, 0.05) is 31.2 Å². The predicted molar refractivity (Wildman–Crippen MR) is 119 cm³/mol. The van der Waals surface area contributed by atoms with E-state index in [0.29, 0.717) is 23.7 Å². The van der Waals surface area contributed by atoms with Gasteiger partial charge in [-0.3, -0.25) is 14.9 Å². The molecule has 0 unspecified atom stereocenters. The highest BCUT2D eigenvalue weighted by atomic mass is 16.6. The third-order valence-corrected chi connectivity index (χ3v) is 4.22. The molecule has 0 spiro atoms. The number of carbonyl (C=O) groups is 3. The number of ether oxygens (including phenoxy) is 2. The fourth-order valence-corrected chi connectivity index (χ4v) is 2.53. The van der Waals surface area contributed by atoms with E-state index in [-0.39, 0.29) is 31.5 Å². The van der Waals surface area contributed by atoms with Crippen molar-refractivity contribution in [1.29, 1.82) is 0 Å². The molecule has 166 valence electrons. The summed E-state index contributed by atoms with van der Waals surface area (Å²) in [6, 6.07) is 14.3. The lowest BCUT2D eigenvalue weighted by Gasteiger charge is -2.18. The van der Waals surface area contributed by atoms with Gasteiger partial charge in [-0.15, -0.1) is 0 Å². The van der Waals surface area contributed by atoms with Gasteiger partial charge in [-0.05, 0) is 37.3 Å². The second kappa shape index (κ2) is 12.2. The van der Waals surface area contributed by atoms with Gasteiger partial charge in [0.1, 0.15) is 6.61 Å². The van der Waals surface area contributed by atoms with Gasteiger partial charge in [-0.1, -0.05) is 23.8 Å². The molecular weight excluding hydrogens is 400 g/mol. The van der Waals surface area contributed by atoms with Gasteiger partial charge in [0.05, 0.1) is 19.7 Å². The van der Waals surface area contributed by atoms with Crippen LogP contribution in [0.1, 0.15) is 5.56 Å². The van der Waals surface area contributed by atoms with Crippen LogP contribution in [0.5, 0.6) is 0 Å². The maximum absolute atomic E-state index is 12.3. The number of likely N-dealkylation sites (N-methyl/N-ethyl adjacent to an activating group) is 1. The molecule has 0 aromatic heterocycles. The van der Waals surface area contributed by atoms with E-state index < -0.39 is 6.09 Å². The van der Waals surface area contributed by atoms with Crippen LogP contribution in [-0.2, 0) is 19.1 Å². The molecule has 9 heteroatoms. The minimum Gasteiger partial charge on any atom is -0.447 e. The Morgan fingerprint density at radius 1 is 0.935 bits per heavy atom. The quantitative estimate of drug-likeness (QED) is 0.502. The van der Waals surface area contributed by atoms with E-state index in [1.807, 2.05) is 31.2 Å². The van der Waals surface area contributed by atoms with Crippen LogP contribution in [0.2, 0.25) is 0 Å². The highest BCUT2D eigenvalue weighted by Gasteiger charge is 2.13. The second-order valence-electron chi connectivity index (χ2n) is 6.85. The molecule has 0 atom stereocenters. The van der Waals surface area contributed by atoms with Crippen LogP contribution in [0.25, 0.3) is 0 Å². The maximum Gasteiger partial charge on any atom is 0.411 e. The Kier molecular flexibility index (Phi) is 9.31. The van der Waals surface area contributed by atoms with Gasteiger partial charge in [0.25, 0.3) is 0 Å². The Balaban J connectivity index is 1.78. The Morgan fingerprint density at radius 3 is 2.35 bits per heavy atom. The van der Waals surface area contributed by atoms with Crippen LogP contribution in [0.4, 0.5) is 21.9 Å². The Labute approximate surface area is 181 Å². The third-order valence-electron chi connectivity index (χ3n) is 4.22. The lowest BCUT2D eigenvalue weighted by molar-refractivity contribution is -0.131. The summed E-state index contributed by atoms with van der Waals surface area (Å²) in [4.78, 5) is 37.5. The molecule has 0 aliphatic carbocycles. The topological polar surface area (TPSA) is 109 Å². The minimum atomic E-state index is -0.593. The van der Waals surface area contributed by atoms with Gasteiger partial charge in [-0.2, -0.15) is 0 Å². The van der Waals surface area contributed by atoms with Crippen LogP contribution in [-0.4, -0.2) is 63.3 Å². The smallest absolute Gasteiger partial charge is 0.411 e. The van der Waals surface area contributed by atoms with Crippen molar-refractivity contribution < 1.29 is 23.9 Å². The Bertz CT molecular complexity index is 886. The molecule has 2 aromatic carbocycles. The van der Waals surface area contributed by atoms with Gasteiger partial charge in [0.2, 0.25) is 11.8 Å². The number of hydrogen-bond donors (Lipinski definition) is 3. The second-order valence-corrected chi connectivity index (χ2v) is 6.85. The molecule has 0 aliphatic rings. The number of amides is 3. The summed E-state index contributed by atoms with van der Waals surface area (Å²) in [5.41, 5.74) is 2.93. The number of hydrogen-bond acceptors (Lipinski definition) is 6. The summed E-state index contributed by atoms with van der Waals surface area (Å²) in [5.74, 6) is -0.533. The number of nitrogens with zero attached hydrogens (tertiary/aromatic N) is 1. The first kappa shape index (κ1) is 23.7. The summed E-state index contributed by atoms with van der Waals surface area (Å²) >= 11 is 0. The zero-order valence-corrected chi connectivity index (χ0v) is 17.9. The molecule has 2 rings (SSSR count). The van der Waals surface area contributed by atoms with Crippen LogP contribution < -0.4 is 16.0 Å². The Morgan fingerprint density at radius 2 is 1.65 bits per heavy atom. The van der Waals surface area contributed by atoms with Gasteiger partial charge in [-0.25, -0.2) is 4.79 Å². The number of anilines is 3. The fraction of sp³-hybridized carbons (Fsp3) is 0.318. The number of nitrogens with one attached hydrogen (secondary N) is 3. The maximum atomic E-state index is 12.3. The minimum absolute atomic E-state index is 0.00392. The van der Waals surface area contributed by atoms with E-state index in [0.717, 1.165) is 5.56 Å². The highest BCUT2D eigenvalue weighted by molar-refractivity contribution is 5.95. The van der Waals surface area contributed by atoms with E-state index >= 15 is 0 Å². The van der Waals surface area contributed by atoms with Crippen molar-refractivity contribution in [3.63, 3.8) is 0 Å². The van der Waals surface area contributed by atoms with Crippen molar-refractivity contribution >= 4 is 35.0 Å². The number of rotatable bonds is 10. The molecule has 9 nitrogen and oxygen atoms in total. The van der Waals surface area contributed by atoms with Crippen molar-refractivity contribution in [2.24, 2.45) is 0 Å². The molecule has 0 fully saturated rings. The van der Waals surface area contributed by atoms with Crippen LogP contribution in [0.15, 0.2) is 48.5 Å². The molecule has 0 radical (unpaired) electrons. The third kappa shape index (κ3) is 8.75. The first-order valence-corrected chi connectivity index (χ1v) is 9.74. The van der Waals surface area contributed by atoms with Crippen molar-refractivity contribution in [2.75, 3.05) is 56.4 Å². The van der Waals surface area contributed by atoms with Crippen molar-refractivity contribution in [1.82, 2.24) is 4.90 Å². The standard InChI is InChI=1S/C22H28N4O5/c1-16-7-9-17(10-8-16)24-20(27)15-26(2)21(28)14-23-18-5-4-6-19(13-18)25-22(29)31-12-11-30-3/h4-10,13,23H,11-12,14-15H2,1-3H3,(H,24,27)(H,25,29). The average Bonchev–Trinajstić information content (AvgIpc) is 2.74. The van der Waals surface area contributed by atoms with E-state index in [1.165, 1.54) is 12.0 Å². The first-order valence-electron chi connectivity index (χ1n) is 9.74. The van der Waals surface area contributed by atoms with Gasteiger partial charge >= 0.3 is 6.09 Å². The van der Waals surface area contributed by atoms with Crippen LogP contribution >= 0.6 is 0 Å². The summed E-state index contributed by atoms with van der Waals surface area (Å²) in [6.07, 6.45) is -0.593. The summed E-state index contributed by atoms with van der Waals surface area (Å²) in [5, 5.41) is 8.34. The number of carbonyl (C=O) groups excluding carboxylic acids is 3. The Hall–Kier alpha value is -3.59. The summed E-state index contributed by atoms with van der Waals surface area (Å²) in [6.45, 7) is 2.36. The molecule has 0 heterocycles. The first-order chi connectivity index (χ1) is 14.9. The van der Waals surface area contributed by atoms with Crippen LogP contribution in [0.3, 0.4) is 0 Å². The molecule has 3 amide bonds. The highest BCUT2D eigenvalue weighted by Crippen LogP contribution is 2.15. The van der Waals surface area contributed by atoms with Crippen molar-refractivity contribution in [3.05, 3.63) is 54.1 Å². The molecule has 0 bridgehead atoms. The lowest BCUT2D eigenvalue weighted by atomic mass is 10.2. The van der Waals surface area contributed by atoms with E-state index in [1.54, 1.807) is 31.3 Å². The van der Waals surface area contributed by atoms with E-state index in [4.69, 9.17) is 9.47 Å². The number of aryl methyl sites for hydroxylation is 1. The zero-order valence-electron chi connectivity index (χ0n) is 17.9. The fourth-order valence-electron chi connectivity index (χ4n) is 2.53. The van der Waals surface area contributed by atoms with E-state index in [2.05, 4.69) is 16.0 Å². The molecular formula is C22H28N4O5. The molecule has 2 aromatic rings. The average molecular weight is 428 g/mol. The molecule has 0 saturated carbocycles. The van der Waals surface area contributed by atoms with Gasteiger partial charge in [0.15, 0.2) is 0 Å². The largest absolute Gasteiger partial charge is 0.447 e. The zero-order chi connectivity index (χ0) is 22.6. The number of methoxy groups -OCH3 is 1. The molecule has 3 N–H and O–H groups in total. The van der Waals surface area contributed by atoms with Crippen LogP contribution in [0, 0.1) is 6.92 Å². The molecule has 31 heavy (non-hydrogen) atoms. The van der Waals surface area contributed by atoms with Gasteiger partial charge < -0.3 is 25.0 Å². The van der Waals surface area contributed by atoms with Crippen molar-refractivity contribution in [2.45, 2.75) is 6.92 Å². The summed E-state index contributed by atoms with van der Waals surface area (Å²) < 4.78 is 9.76. The summed E-state index contributed by atoms with van der Waals surface area (Å²) in [7, 11) is 3.08. The number of benzene rings is 2. The normalized spacial score (nSPS) is 10.2. The lowest BCUT2D eigenvalue weighted by Crippen LogP contribution is -2.38.